The van der Waals surface area contributed by atoms with Crippen LogP contribution in [0.15, 0.2) is 48.5 Å². The lowest BCUT2D eigenvalue weighted by Crippen LogP contribution is -2.42. The number of hydrogen-bond donors (Lipinski definition) is 2. The van der Waals surface area contributed by atoms with Crippen LogP contribution in [0.2, 0.25) is 5.02 Å². The van der Waals surface area contributed by atoms with Gasteiger partial charge in [-0.25, -0.2) is 9.18 Å². The van der Waals surface area contributed by atoms with Crippen molar-refractivity contribution >= 4 is 29.2 Å². The number of halogens is 2. The third kappa shape index (κ3) is 6.46. The van der Waals surface area contributed by atoms with Crippen LogP contribution in [0.3, 0.4) is 0 Å². The molecule has 0 aliphatic carbocycles. The third-order valence-electron chi connectivity index (χ3n) is 5.10. The summed E-state index contributed by atoms with van der Waals surface area (Å²) in [6.45, 7) is 1.65. The number of piperidine rings is 1. The molecule has 3 rings (SSSR count). The van der Waals surface area contributed by atoms with Gasteiger partial charge in [0.2, 0.25) is 5.91 Å². The highest BCUT2D eigenvalue weighted by Gasteiger charge is 2.24. The number of amides is 3. The van der Waals surface area contributed by atoms with E-state index in [1.54, 1.807) is 6.07 Å². The van der Waals surface area contributed by atoms with E-state index in [0.29, 0.717) is 29.5 Å². The summed E-state index contributed by atoms with van der Waals surface area (Å²) in [4.78, 5) is 26.5. The van der Waals surface area contributed by atoms with Crippen LogP contribution in [-0.2, 0) is 11.3 Å². The number of likely N-dealkylation sites (tertiary alicyclic amines) is 1. The monoisotopic (exact) mass is 417 g/mol. The molecular weight excluding hydrogens is 393 g/mol. The van der Waals surface area contributed by atoms with Crippen LogP contribution in [0.4, 0.5) is 14.9 Å². The van der Waals surface area contributed by atoms with Crippen molar-refractivity contribution in [3.05, 3.63) is 64.9 Å². The van der Waals surface area contributed by atoms with Gasteiger partial charge in [-0.15, -0.1) is 0 Å². The number of anilines is 1. The van der Waals surface area contributed by atoms with Crippen LogP contribution in [-0.4, -0.2) is 29.9 Å². The topological polar surface area (TPSA) is 61.4 Å². The van der Waals surface area contributed by atoms with Crippen molar-refractivity contribution in [3.8, 4) is 0 Å². The van der Waals surface area contributed by atoms with Crippen molar-refractivity contribution in [2.24, 2.45) is 5.92 Å². The Morgan fingerprint density at radius 3 is 2.72 bits per heavy atom. The summed E-state index contributed by atoms with van der Waals surface area (Å²) in [5, 5.41) is 6.04. The van der Waals surface area contributed by atoms with E-state index in [0.717, 1.165) is 31.5 Å². The van der Waals surface area contributed by atoms with Gasteiger partial charge in [0.15, 0.2) is 0 Å². The molecule has 7 heteroatoms. The Hall–Kier alpha value is -2.60. The van der Waals surface area contributed by atoms with Crippen LogP contribution in [0.25, 0.3) is 0 Å². The molecule has 0 spiro atoms. The van der Waals surface area contributed by atoms with E-state index in [4.69, 9.17) is 11.6 Å². The van der Waals surface area contributed by atoms with Crippen molar-refractivity contribution < 1.29 is 14.0 Å². The Balaban J connectivity index is 1.41. The van der Waals surface area contributed by atoms with Crippen molar-refractivity contribution in [2.75, 3.05) is 18.4 Å². The number of rotatable bonds is 6. The molecule has 2 aromatic carbocycles. The molecule has 0 unspecified atom stereocenters. The van der Waals surface area contributed by atoms with Gasteiger partial charge in [-0.05, 0) is 55.0 Å². The largest absolute Gasteiger partial charge is 0.352 e. The highest BCUT2D eigenvalue weighted by Crippen LogP contribution is 2.22. The molecule has 0 bridgehead atoms. The first kappa shape index (κ1) is 21.1. The number of nitrogens with one attached hydrogen (secondary N) is 2. The molecular formula is C22H25ClFN3O2. The number of para-hydroxylation sites is 1. The first-order valence-electron chi connectivity index (χ1n) is 9.83. The fourth-order valence-corrected chi connectivity index (χ4v) is 3.73. The molecule has 0 saturated carbocycles. The van der Waals surface area contributed by atoms with E-state index in [9.17, 15) is 14.0 Å². The summed E-state index contributed by atoms with van der Waals surface area (Å²) in [5.41, 5.74) is 1.46. The van der Waals surface area contributed by atoms with Crippen LogP contribution in [0.5, 0.6) is 0 Å². The lowest BCUT2D eigenvalue weighted by molar-refractivity contribution is -0.121. The molecule has 1 aliphatic heterocycles. The van der Waals surface area contributed by atoms with Crippen LogP contribution < -0.4 is 10.6 Å². The smallest absolute Gasteiger partial charge is 0.321 e. The Bertz CT molecular complexity index is 847. The summed E-state index contributed by atoms with van der Waals surface area (Å²) in [6.07, 6.45) is 3.04. The quantitative estimate of drug-likeness (QED) is 0.707. The predicted octanol–water partition coefficient (Wildman–Crippen LogP) is 4.82. The van der Waals surface area contributed by atoms with Crippen molar-refractivity contribution in [1.29, 1.82) is 0 Å². The number of carbonyl (C=O) groups excluding carboxylic acids is 2. The molecule has 29 heavy (non-hydrogen) atoms. The molecule has 3 amide bonds. The molecule has 154 valence electrons. The summed E-state index contributed by atoms with van der Waals surface area (Å²) in [5.74, 6) is -0.176. The molecule has 0 aromatic heterocycles. The second-order valence-electron chi connectivity index (χ2n) is 7.30. The normalized spacial score (nSPS) is 16.3. The summed E-state index contributed by atoms with van der Waals surface area (Å²) in [7, 11) is 0. The highest BCUT2D eigenvalue weighted by atomic mass is 35.5. The molecule has 1 saturated heterocycles. The van der Waals surface area contributed by atoms with Gasteiger partial charge in [0.1, 0.15) is 5.82 Å². The zero-order valence-electron chi connectivity index (χ0n) is 16.2. The van der Waals surface area contributed by atoms with Gasteiger partial charge in [0.05, 0.1) is 0 Å². The zero-order valence-corrected chi connectivity index (χ0v) is 16.9. The van der Waals surface area contributed by atoms with Gasteiger partial charge in [0.25, 0.3) is 0 Å². The molecule has 2 N–H and O–H groups in total. The molecule has 0 radical (unpaired) electrons. The summed E-state index contributed by atoms with van der Waals surface area (Å²) >= 11 is 5.98. The Morgan fingerprint density at radius 2 is 1.97 bits per heavy atom. The van der Waals surface area contributed by atoms with E-state index in [-0.39, 0.29) is 18.5 Å². The first-order chi connectivity index (χ1) is 14.0. The van der Waals surface area contributed by atoms with E-state index in [1.807, 2.05) is 35.2 Å². The minimum atomic E-state index is -0.400. The van der Waals surface area contributed by atoms with Gasteiger partial charge >= 0.3 is 6.03 Å². The summed E-state index contributed by atoms with van der Waals surface area (Å²) in [6, 6.07) is 13.4. The van der Waals surface area contributed by atoms with Gasteiger partial charge in [-0.2, -0.15) is 0 Å². The Morgan fingerprint density at radius 1 is 1.17 bits per heavy atom. The maximum absolute atomic E-state index is 13.1. The van der Waals surface area contributed by atoms with Gasteiger partial charge < -0.3 is 15.5 Å². The average molecular weight is 418 g/mol. The standard InChI is InChI=1S/C22H25ClFN3O2/c23-20-13-18(24)10-9-17(20)14-25-21(28)11-8-16-5-4-12-27(15-16)22(29)26-19-6-2-1-3-7-19/h1-3,6-7,9-10,13,16H,4-5,8,11-12,14-15H2,(H,25,28)(H,26,29)/t16-/m0/s1. The van der Waals surface area contributed by atoms with E-state index in [2.05, 4.69) is 10.6 Å². The molecule has 5 nitrogen and oxygen atoms in total. The summed E-state index contributed by atoms with van der Waals surface area (Å²) < 4.78 is 13.1. The van der Waals surface area contributed by atoms with Crippen LogP contribution >= 0.6 is 11.6 Å². The Labute approximate surface area is 175 Å². The molecule has 1 aliphatic rings. The fraction of sp³-hybridized carbons (Fsp3) is 0.364. The minimum absolute atomic E-state index is 0.0729. The van der Waals surface area contributed by atoms with E-state index < -0.39 is 5.82 Å². The maximum Gasteiger partial charge on any atom is 0.321 e. The minimum Gasteiger partial charge on any atom is -0.352 e. The third-order valence-corrected chi connectivity index (χ3v) is 5.45. The number of carbonyl (C=O) groups is 2. The number of hydrogen-bond acceptors (Lipinski definition) is 2. The zero-order chi connectivity index (χ0) is 20.6. The van der Waals surface area contributed by atoms with Gasteiger partial charge in [-0.1, -0.05) is 35.9 Å². The second kappa shape index (κ2) is 10.3. The lowest BCUT2D eigenvalue weighted by atomic mass is 9.93. The van der Waals surface area contributed by atoms with E-state index in [1.165, 1.54) is 12.1 Å². The lowest BCUT2D eigenvalue weighted by Gasteiger charge is -2.32. The second-order valence-corrected chi connectivity index (χ2v) is 7.71. The van der Waals surface area contributed by atoms with Crippen molar-refractivity contribution in [1.82, 2.24) is 10.2 Å². The Kier molecular flexibility index (Phi) is 7.47. The highest BCUT2D eigenvalue weighted by molar-refractivity contribution is 6.31. The number of nitrogens with zero attached hydrogens (tertiary/aromatic N) is 1. The molecule has 1 atom stereocenters. The molecule has 2 aromatic rings. The van der Waals surface area contributed by atoms with Crippen molar-refractivity contribution in [2.45, 2.75) is 32.2 Å². The number of benzene rings is 2. The fourth-order valence-electron chi connectivity index (χ4n) is 3.49. The van der Waals surface area contributed by atoms with Gasteiger partial charge in [-0.3, -0.25) is 4.79 Å². The van der Waals surface area contributed by atoms with Crippen molar-refractivity contribution in [3.63, 3.8) is 0 Å². The molecule has 1 heterocycles. The van der Waals surface area contributed by atoms with Crippen LogP contribution in [0, 0.1) is 11.7 Å². The average Bonchev–Trinajstić information content (AvgIpc) is 2.72. The van der Waals surface area contributed by atoms with E-state index >= 15 is 0 Å². The van der Waals surface area contributed by atoms with Gasteiger partial charge in [0, 0.05) is 36.8 Å². The molecule has 1 fully saturated rings. The first-order valence-corrected chi connectivity index (χ1v) is 10.2. The number of urea groups is 1. The van der Waals surface area contributed by atoms with Crippen LogP contribution in [0.1, 0.15) is 31.2 Å². The SMILES string of the molecule is O=C(CC[C@@H]1CCCN(C(=O)Nc2ccccc2)C1)NCc1ccc(F)cc1Cl. The predicted molar refractivity (Wildman–Crippen MR) is 112 cm³/mol. The maximum atomic E-state index is 13.1.